The summed E-state index contributed by atoms with van der Waals surface area (Å²) in [6, 6.07) is 5.68. The molecule has 0 aliphatic heterocycles. The Hall–Kier alpha value is -1.47. The average molecular weight is 234 g/mol. The summed E-state index contributed by atoms with van der Waals surface area (Å²) in [7, 11) is 0. The molecule has 0 radical (unpaired) electrons. The quantitative estimate of drug-likeness (QED) is 0.702. The molecule has 2 heterocycles. The zero-order chi connectivity index (χ0) is 9.26. The van der Waals surface area contributed by atoms with Gasteiger partial charge in [-0.25, -0.2) is 9.97 Å². The van der Waals surface area contributed by atoms with Crippen molar-refractivity contribution < 1.29 is 0 Å². The molecule has 0 amide bonds. The van der Waals surface area contributed by atoms with Crippen molar-refractivity contribution in [2.24, 2.45) is 0 Å². The van der Waals surface area contributed by atoms with Gasteiger partial charge in [-0.2, -0.15) is 5.26 Å². The molecule has 62 valence electrons. The van der Waals surface area contributed by atoms with Gasteiger partial charge in [0.25, 0.3) is 0 Å². The summed E-state index contributed by atoms with van der Waals surface area (Å²) >= 11 is 3.31. The van der Waals surface area contributed by atoms with E-state index in [0.29, 0.717) is 11.2 Å². The second-order valence-corrected chi connectivity index (χ2v) is 3.45. The first-order valence-electron chi connectivity index (χ1n) is 3.61. The lowest BCUT2D eigenvalue weighted by Crippen LogP contribution is -1.85. The predicted octanol–water partition coefficient (Wildman–Crippen LogP) is 2.26. The fourth-order valence-corrected chi connectivity index (χ4v) is 1.41. The zero-order valence-corrected chi connectivity index (χ0v) is 8.12. The fraction of sp³-hybridized carbons (Fsp3) is 0. The van der Waals surface area contributed by atoms with Crippen LogP contribution in [0.25, 0.3) is 11.0 Å². The normalized spacial score (nSPS) is 9.85. The van der Waals surface area contributed by atoms with Crippen molar-refractivity contribution in [3.8, 4) is 6.07 Å². The van der Waals surface area contributed by atoms with Gasteiger partial charge in [-0.1, -0.05) is 0 Å². The van der Waals surface area contributed by atoms with Crippen LogP contribution in [0.2, 0.25) is 0 Å². The monoisotopic (exact) mass is 233 g/mol. The molecule has 2 rings (SSSR count). The molecule has 13 heavy (non-hydrogen) atoms. The zero-order valence-electron chi connectivity index (χ0n) is 6.53. The van der Waals surface area contributed by atoms with Gasteiger partial charge in [0, 0.05) is 22.3 Å². The standard InChI is InChI=1S/C9H4BrN3/c10-8-2-7-1-6(3-11)4-12-9(7)13-5-8/h1-2,4-5H. The molecule has 0 aromatic carbocycles. The highest BCUT2D eigenvalue weighted by Gasteiger charge is 1.98. The fourth-order valence-electron chi connectivity index (χ4n) is 1.06. The molecule has 4 heteroatoms. The van der Waals surface area contributed by atoms with Crippen LogP contribution in [-0.4, -0.2) is 9.97 Å². The molecule has 0 atom stereocenters. The van der Waals surface area contributed by atoms with Crippen LogP contribution in [-0.2, 0) is 0 Å². The maximum absolute atomic E-state index is 8.64. The molecule has 0 spiro atoms. The van der Waals surface area contributed by atoms with E-state index in [4.69, 9.17) is 5.26 Å². The first kappa shape index (κ1) is 8.14. The van der Waals surface area contributed by atoms with Crippen LogP contribution in [0.1, 0.15) is 5.56 Å². The third kappa shape index (κ3) is 1.51. The van der Waals surface area contributed by atoms with Gasteiger partial charge in [0.1, 0.15) is 6.07 Å². The largest absolute Gasteiger partial charge is 0.235 e. The topological polar surface area (TPSA) is 49.6 Å². The first-order chi connectivity index (χ1) is 6.29. The molecule has 3 nitrogen and oxygen atoms in total. The summed E-state index contributed by atoms with van der Waals surface area (Å²) in [6.45, 7) is 0. The molecule has 0 aliphatic rings. The Kier molecular flexibility index (Phi) is 1.95. The number of hydrogen-bond acceptors (Lipinski definition) is 3. The molecule has 0 fully saturated rings. The molecular formula is C9H4BrN3. The summed E-state index contributed by atoms with van der Waals surface area (Å²) in [5, 5.41) is 9.51. The van der Waals surface area contributed by atoms with Gasteiger partial charge in [0.15, 0.2) is 5.65 Å². The van der Waals surface area contributed by atoms with Crippen LogP contribution in [0.15, 0.2) is 29.0 Å². The summed E-state index contributed by atoms with van der Waals surface area (Å²) < 4.78 is 0.886. The third-order valence-corrected chi connectivity index (χ3v) is 2.06. The number of rotatable bonds is 0. The highest BCUT2D eigenvalue weighted by molar-refractivity contribution is 9.10. The second-order valence-electron chi connectivity index (χ2n) is 2.54. The van der Waals surface area contributed by atoms with Crippen molar-refractivity contribution in [1.29, 1.82) is 5.26 Å². The lowest BCUT2D eigenvalue weighted by atomic mass is 10.2. The van der Waals surface area contributed by atoms with Gasteiger partial charge >= 0.3 is 0 Å². The van der Waals surface area contributed by atoms with Gasteiger partial charge in [-0.3, -0.25) is 0 Å². The van der Waals surface area contributed by atoms with Gasteiger partial charge < -0.3 is 0 Å². The third-order valence-electron chi connectivity index (χ3n) is 1.63. The van der Waals surface area contributed by atoms with E-state index < -0.39 is 0 Å². The number of halogens is 1. The number of aromatic nitrogens is 2. The minimum atomic E-state index is 0.549. The van der Waals surface area contributed by atoms with E-state index in [1.807, 2.05) is 12.1 Å². The van der Waals surface area contributed by atoms with E-state index in [1.165, 1.54) is 6.20 Å². The number of fused-ring (bicyclic) bond motifs is 1. The SMILES string of the molecule is N#Cc1cnc2ncc(Br)cc2c1. The Labute approximate surface area is 83.2 Å². The Morgan fingerprint density at radius 3 is 2.77 bits per heavy atom. The number of hydrogen-bond donors (Lipinski definition) is 0. The van der Waals surface area contributed by atoms with Crippen LogP contribution in [0.3, 0.4) is 0 Å². The summed E-state index contributed by atoms with van der Waals surface area (Å²) in [5.41, 5.74) is 1.20. The van der Waals surface area contributed by atoms with Gasteiger partial charge in [0.05, 0.1) is 5.56 Å². The van der Waals surface area contributed by atoms with Crippen molar-refractivity contribution in [1.82, 2.24) is 9.97 Å². The van der Waals surface area contributed by atoms with Crippen LogP contribution >= 0.6 is 15.9 Å². The summed E-state index contributed by atoms with van der Waals surface area (Å²) in [6.07, 6.45) is 3.20. The number of nitrogens with zero attached hydrogens (tertiary/aromatic N) is 3. The Morgan fingerprint density at radius 1 is 1.23 bits per heavy atom. The van der Waals surface area contributed by atoms with Crippen molar-refractivity contribution >= 4 is 27.0 Å². The van der Waals surface area contributed by atoms with Crippen molar-refractivity contribution in [2.45, 2.75) is 0 Å². The molecular weight excluding hydrogens is 230 g/mol. The van der Waals surface area contributed by atoms with Gasteiger partial charge in [0.2, 0.25) is 0 Å². The second kappa shape index (κ2) is 3.11. The molecule has 2 aromatic heterocycles. The average Bonchev–Trinajstić information content (AvgIpc) is 2.16. The minimum absolute atomic E-state index is 0.549. The van der Waals surface area contributed by atoms with E-state index in [0.717, 1.165) is 9.86 Å². The maximum atomic E-state index is 8.64. The van der Waals surface area contributed by atoms with Crippen LogP contribution in [0.4, 0.5) is 0 Å². The number of nitriles is 1. The minimum Gasteiger partial charge on any atom is -0.235 e. The van der Waals surface area contributed by atoms with Crippen molar-refractivity contribution in [2.75, 3.05) is 0 Å². The van der Waals surface area contributed by atoms with E-state index in [1.54, 1.807) is 12.3 Å². The smallest absolute Gasteiger partial charge is 0.159 e. The Balaban J connectivity index is 2.77. The molecule has 0 saturated heterocycles. The van der Waals surface area contributed by atoms with Crippen molar-refractivity contribution in [3.05, 3.63) is 34.6 Å². The highest BCUT2D eigenvalue weighted by atomic mass is 79.9. The summed E-state index contributed by atoms with van der Waals surface area (Å²) in [4.78, 5) is 8.13. The van der Waals surface area contributed by atoms with Crippen molar-refractivity contribution in [3.63, 3.8) is 0 Å². The Bertz CT molecular complexity index is 502. The molecule has 0 saturated carbocycles. The van der Waals surface area contributed by atoms with Gasteiger partial charge in [-0.15, -0.1) is 0 Å². The lowest BCUT2D eigenvalue weighted by Gasteiger charge is -1.96. The maximum Gasteiger partial charge on any atom is 0.159 e. The molecule has 2 aromatic rings. The molecule has 0 unspecified atom stereocenters. The highest BCUT2D eigenvalue weighted by Crippen LogP contribution is 2.16. The summed E-state index contributed by atoms with van der Waals surface area (Å²) in [5.74, 6) is 0. The lowest BCUT2D eigenvalue weighted by molar-refractivity contribution is 1.27. The van der Waals surface area contributed by atoms with E-state index in [9.17, 15) is 0 Å². The first-order valence-corrected chi connectivity index (χ1v) is 4.40. The van der Waals surface area contributed by atoms with E-state index in [-0.39, 0.29) is 0 Å². The molecule has 0 N–H and O–H groups in total. The molecule has 0 bridgehead atoms. The molecule has 0 aliphatic carbocycles. The van der Waals surface area contributed by atoms with Crippen LogP contribution < -0.4 is 0 Å². The Morgan fingerprint density at radius 2 is 2.00 bits per heavy atom. The van der Waals surface area contributed by atoms with Crippen LogP contribution in [0.5, 0.6) is 0 Å². The van der Waals surface area contributed by atoms with Crippen LogP contribution in [0, 0.1) is 11.3 Å². The van der Waals surface area contributed by atoms with E-state index in [2.05, 4.69) is 25.9 Å². The van der Waals surface area contributed by atoms with Gasteiger partial charge in [-0.05, 0) is 28.1 Å². The number of pyridine rings is 2. The van der Waals surface area contributed by atoms with E-state index >= 15 is 0 Å². The predicted molar refractivity (Wildman–Crippen MR) is 52.0 cm³/mol.